The Morgan fingerprint density at radius 1 is 1.50 bits per heavy atom. The number of hydrogen-bond acceptors (Lipinski definition) is 4. The van der Waals surface area contributed by atoms with Crippen molar-refractivity contribution in [2.45, 2.75) is 6.42 Å². The fourth-order valence-corrected chi connectivity index (χ4v) is 2.44. The average molecular weight is 259 g/mol. The molecule has 0 aliphatic rings. The van der Waals surface area contributed by atoms with E-state index in [0.717, 1.165) is 5.82 Å². The number of H-pyrrole nitrogens is 1. The second-order valence-electron chi connectivity index (χ2n) is 3.84. The maximum Gasteiger partial charge on any atom is 0.337 e. The maximum absolute atomic E-state index is 10.8. The van der Waals surface area contributed by atoms with Gasteiger partial charge < -0.3 is 10.1 Å². The molecular weight excluding hydrogens is 250 g/mol. The molecule has 0 radical (unpaired) electrons. The smallest absolute Gasteiger partial charge is 0.337 e. The molecule has 0 unspecified atom stereocenters. The zero-order chi connectivity index (χ0) is 12.5. The van der Waals surface area contributed by atoms with Gasteiger partial charge in [-0.05, 0) is 17.5 Å². The largest absolute Gasteiger partial charge is 0.478 e. The lowest BCUT2D eigenvalue weighted by molar-refractivity contribution is 0.0696. The van der Waals surface area contributed by atoms with Gasteiger partial charge in [0.15, 0.2) is 5.65 Å². The topological polar surface area (TPSA) is 78.9 Å². The first-order chi connectivity index (χ1) is 8.72. The molecule has 6 heteroatoms. The van der Waals surface area contributed by atoms with E-state index in [9.17, 15) is 4.79 Å². The van der Waals surface area contributed by atoms with Crippen LogP contribution < -0.4 is 0 Å². The van der Waals surface area contributed by atoms with Crippen LogP contribution in [0.15, 0.2) is 29.8 Å². The minimum absolute atomic E-state index is 0.161. The van der Waals surface area contributed by atoms with Gasteiger partial charge in [-0.15, -0.1) is 11.3 Å². The van der Waals surface area contributed by atoms with Crippen LogP contribution in [0.4, 0.5) is 0 Å². The molecule has 3 heterocycles. The van der Waals surface area contributed by atoms with Gasteiger partial charge in [-0.25, -0.2) is 14.8 Å². The van der Waals surface area contributed by atoms with E-state index < -0.39 is 5.97 Å². The van der Waals surface area contributed by atoms with Crippen molar-refractivity contribution in [2.75, 3.05) is 0 Å². The number of carboxylic acids is 1. The molecule has 0 fully saturated rings. The number of carbonyl (C=O) groups is 1. The molecule has 0 bridgehead atoms. The van der Waals surface area contributed by atoms with E-state index in [0.29, 0.717) is 17.6 Å². The number of nitrogens with one attached hydrogen (secondary N) is 1. The number of hydrogen-bond donors (Lipinski definition) is 2. The van der Waals surface area contributed by atoms with Crippen molar-refractivity contribution < 1.29 is 9.90 Å². The SMILES string of the molecule is O=C(O)c1cnc2nc(Cc3cccs3)[nH]c2c1. The lowest BCUT2D eigenvalue weighted by atomic mass is 10.3. The lowest BCUT2D eigenvalue weighted by Gasteiger charge is -1.91. The average Bonchev–Trinajstić information content (AvgIpc) is 2.96. The van der Waals surface area contributed by atoms with E-state index in [2.05, 4.69) is 15.0 Å². The molecule has 0 aromatic carbocycles. The van der Waals surface area contributed by atoms with Crippen LogP contribution in [-0.4, -0.2) is 26.0 Å². The second kappa shape index (κ2) is 4.23. The van der Waals surface area contributed by atoms with Crippen molar-refractivity contribution in [2.24, 2.45) is 0 Å². The summed E-state index contributed by atoms with van der Waals surface area (Å²) < 4.78 is 0. The Hall–Kier alpha value is -2.21. The number of rotatable bonds is 3. The van der Waals surface area contributed by atoms with Crippen molar-refractivity contribution in [1.82, 2.24) is 15.0 Å². The highest BCUT2D eigenvalue weighted by Crippen LogP contribution is 2.16. The van der Waals surface area contributed by atoms with Crippen LogP contribution in [-0.2, 0) is 6.42 Å². The minimum atomic E-state index is -0.987. The van der Waals surface area contributed by atoms with Gasteiger partial charge in [0.1, 0.15) is 5.82 Å². The highest BCUT2D eigenvalue weighted by Gasteiger charge is 2.09. The summed E-state index contributed by atoms with van der Waals surface area (Å²) >= 11 is 1.66. The van der Waals surface area contributed by atoms with Crippen molar-refractivity contribution >= 4 is 28.5 Å². The van der Waals surface area contributed by atoms with Crippen LogP contribution in [0.2, 0.25) is 0 Å². The van der Waals surface area contributed by atoms with Crippen LogP contribution in [0.3, 0.4) is 0 Å². The Kier molecular flexibility index (Phi) is 2.56. The summed E-state index contributed by atoms with van der Waals surface area (Å²) in [5.74, 6) is -0.193. The third-order valence-corrected chi connectivity index (χ3v) is 3.43. The minimum Gasteiger partial charge on any atom is -0.478 e. The molecule has 2 N–H and O–H groups in total. The molecule has 5 nitrogen and oxygen atoms in total. The van der Waals surface area contributed by atoms with Crippen LogP contribution in [0, 0.1) is 0 Å². The summed E-state index contributed by atoms with van der Waals surface area (Å²) in [6.07, 6.45) is 2.02. The number of carboxylic acid groups (broad SMARTS) is 1. The molecule has 3 aromatic rings. The molecular formula is C12H9N3O2S. The van der Waals surface area contributed by atoms with Gasteiger partial charge in [0, 0.05) is 17.5 Å². The van der Waals surface area contributed by atoms with E-state index in [4.69, 9.17) is 5.11 Å². The van der Waals surface area contributed by atoms with Crippen LogP contribution in [0.5, 0.6) is 0 Å². The Morgan fingerprint density at radius 3 is 3.11 bits per heavy atom. The number of thiophene rings is 1. The van der Waals surface area contributed by atoms with Gasteiger partial charge >= 0.3 is 5.97 Å². The van der Waals surface area contributed by atoms with E-state index >= 15 is 0 Å². The number of imidazole rings is 1. The van der Waals surface area contributed by atoms with Gasteiger partial charge in [-0.1, -0.05) is 6.07 Å². The Morgan fingerprint density at radius 2 is 2.39 bits per heavy atom. The lowest BCUT2D eigenvalue weighted by Crippen LogP contribution is -1.96. The molecule has 0 saturated carbocycles. The fourth-order valence-electron chi connectivity index (χ4n) is 1.73. The molecule has 3 aromatic heterocycles. The zero-order valence-electron chi connectivity index (χ0n) is 9.25. The fraction of sp³-hybridized carbons (Fsp3) is 0.0833. The predicted molar refractivity (Wildman–Crippen MR) is 68.0 cm³/mol. The molecule has 3 rings (SSSR count). The molecule has 0 aliphatic heterocycles. The van der Waals surface area contributed by atoms with E-state index in [1.807, 2.05) is 17.5 Å². The monoisotopic (exact) mass is 259 g/mol. The number of aromatic amines is 1. The standard InChI is InChI=1S/C12H9N3O2S/c16-12(17)7-4-9-11(13-6-7)15-10(14-9)5-8-2-1-3-18-8/h1-4,6H,5H2,(H,16,17)(H,13,14,15). The number of pyridine rings is 1. The molecule has 0 spiro atoms. The molecule has 0 saturated heterocycles. The van der Waals surface area contributed by atoms with E-state index in [1.165, 1.54) is 11.1 Å². The predicted octanol–water partition coefficient (Wildman–Crippen LogP) is 2.31. The Bertz CT molecular complexity index is 703. The van der Waals surface area contributed by atoms with Crippen molar-refractivity contribution in [1.29, 1.82) is 0 Å². The Balaban J connectivity index is 1.98. The molecule has 90 valence electrons. The van der Waals surface area contributed by atoms with Gasteiger partial charge in [0.05, 0.1) is 11.1 Å². The summed E-state index contributed by atoms with van der Waals surface area (Å²) in [6, 6.07) is 5.58. The van der Waals surface area contributed by atoms with Crippen molar-refractivity contribution in [3.63, 3.8) is 0 Å². The van der Waals surface area contributed by atoms with Gasteiger partial charge in [0.25, 0.3) is 0 Å². The first-order valence-corrected chi connectivity index (χ1v) is 6.20. The Labute approximate surface area is 106 Å². The quantitative estimate of drug-likeness (QED) is 0.756. The van der Waals surface area contributed by atoms with E-state index in [1.54, 1.807) is 17.4 Å². The highest BCUT2D eigenvalue weighted by atomic mass is 32.1. The molecule has 18 heavy (non-hydrogen) atoms. The summed E-state index contributed by atoms with van der Waals surface area (Å²) in [5.41, 5.74) is 1.36. The number of aromatic carboxylic acids is 1. The number of nitrogens with zero attached hydrogens (tertiary/aromatic N) is 2. The molecule has 0 aliphatic carbocycles. The third-order valence-electron chi connectivity index (χ3n) is 2.56. The van der Waals surface area contributed by atoms with Gasteiger partial charge in [-0.3, -0.25) is 0 Å². The third kappa shape index (κ3) is 1.98. The normalized spacial score (nSPS) is 10.9. The maximum atomic E-state index is 10.8. The number of aromatic nitrogens is 3. The zero-order valence-corrected chi connectivity index (χ0v) is 10.1. The first-order valence-electron chi connectivity index (χ1n) is 5.33. The van der Waals surface area contributed by atoms with Crippen LogP contribution in [0.1, 0.15) is 21.1 Å². The number of fused-ring (bicyclic) bond motifs is 1. The summed E-state index contributed by atoms with van der Waals surface area (Å²) in [6.45, 7) is 0. The van der Waals surface area contributed by atoms with E-state index in [-0.39, 0.29) is 5.56 Å². The van der Waals surface area contributed by atoms with Crippen molar-refractivity contribution in [3.05, 3.63) is 46.0 Å². The summed E-state index contributed by atoms with van der Waals surface area (Å²) in [4.78, 5) is 23.5. The second-order valence-corrected chi connectivity index (χ2v) is 4.87. The summed E-state index contributed by atoms with van der Waals surface area (Å²) in [7, 11) is 0. The molecule has 0 amide bonds. The highest BCUT2D eigenvalue weighted by molar-refractivity contribution is 7.09. The first kappa shape index (κ1) is 10.9. The van der Waals surface area contributed by atoms with Crippen LogP contribution in [0.25, 0.3) is 11.2 Å². The van der Waals surface area contributed by atoms with Gasteiger partial charge in [-0.2, -0.15) is 0 Å². The van der Waals surface area contributed by atoms with Crippen LogP contribution >= 0.6 is 11.3 Å². The molecule has 0 atom stereocenters. The summed E-state index contributed by atoms with van der Waals surface area (Å²) in [5, 5.41) is 10.9. The van der Waals surface area contributed by atoms with Crippen molar-refractivity contribution in [3.8, 4) is 0 Å². The van der Waals surface area contributed by atoms with Gasteiger partial charge in [0.2, 0.25) is 0 Å².